The molecule has 1 aromatic carbocycles. The molecule has 19 heavy (non-hydrogen) atoms. The zero-order valence-corrected chi connectivity index (χ0v) is 11.3. The maximum atomic E-state index is 12.1. The highest BCUT2D eigenvalue weighted by atomic mass is 16.5. The highest BCUT2D eigenvalue weighted by Crippen LogP contribution is 2.25. The van der Waals surface area contributed by atoms with Gasteiger partial charge in [0, 0.05) is 11.1 Å². The van der Waals surface area contributed by atoms with Gasteiger partial charge in [-0.2, -0.15) is 0 Å². The molecule has 0 saturated heterocycles. The molecule has 1 unspecified atom stereocenters. The predicted molar refractivity (Wildman–Crippen MR) is 74.2 cm³/mol. The fraction of sp³-hybridized carbons (Fsp3) is 0.333. The molecule has 4 nitrogen and oxygen atoms in total. The van der Waals surface area contributed by atoms with Gasteiger partial charge in [0.2, 0.25) is 0 Å². The maximum Gasteiger partial charge on any atom is 0.313 e. The van der Waals surface area contributed by atoms with Crippen LogP contribution in [0.4, 0.5) is 0 Å². The van der Waals surface area contributed by atoms with E-state index in [2.05, 4.69) is 4.98 Å². The average Bonchev–Trinajstić information content (AvgIpc) is 2.39. The van der Waals surface area contributed by atoms with Gasteiger partial charge in [0.1, 0.15) is 0 Å². The number of nitrogens with one attached hydrogen (secondary N) is 1. The SMILES string of the molecule is COC(=O)C(c1cc2ccccc2[nH]c1=O)C(C)C. The summed E-state index contributed by atoms with van der Waals surface area (Å²) in [5, 5.41) is 0.909. The number of para-hydroxylation sites is 1. The summed E-state index contributed by atoms with van der Waals surface area (Å²) in [4.78, 5) is 26.8. The summed E-state index contributed by atoms with van der Waals surface area (Å²) in [7, 11) is 1.34. The molecule has 0 spiro atoms. The molecule has 0 aliphatic rings. The Morgan fingerprint density at radius 1 is 1.26 bits per heavy atom. The van der Waals surface area contributed by atoms with Crippen LogP contribution >= 0.6 is 0 Å². The van der Waals surface area contributed by atoms with Crippen molar-refractivity contribution in [2.75, 3.05) is 7.11 Å². The summed E-state index contributed by atoms with van der Waals surface area (Å²) in [5.74, 6) is -0.927. The third-order valence-electron chi connectivity index (χ3n) is 3.24. The highest BCUT2D eigenvalue weighted by molar-refractivity contribution is 5.83. The Kier molecular flexibility index (Phi) is 3.69. The summed E-state index contributed by atoms with van der Waals surface area (Å²) < 4.78 is 4.80. The highest BCUT2D eigenvalue weighted by Gasteiger charge is 2.27. The van der Waals surface area contributed by atoms with Crippen LogP contribution in [0, 0.1) is 5.92 Å². The second-order valence-corrected chi connectivity index (χ2v) is 4.89. The molecule has 0 saturated carbocycles. The van der Waals surface area contributed by atoms with Gasteiger partial charge >= 0.3 is 5.97 Å². The smallest absolute Gasteiger partial charge is 0.313 e. The number of hydrogen-bond acceptors (Lipinski definition) is 3. The lowest BCUT2D eigenvalue weighted by Gasteiger charge is -2.18. The molecule has 2 aromatic rings. The molecule has 2 rings (SSSR count). The summed E-state index contributed by atoms with van der Waals surface area (Å²) in [5.41, 5.74) is 0.993. The molecule has 0 bridgehead atoms. The lowest BCUT2D eigenvalue weighted by molar-refractivity contribution is -0.143. The maximum absolute atomic E-state index is 12.1. The number of aromatic amines is 1. The number of aromatic nitrogens is 1. The largest absolute Gasteiger partial charge is 0.469 e. The number of pyridine rings is 1. The Morgan fingerprint density at radius 2 is 1.95 bits per heavy atom. The molecule has 1 aromatic heterocycles. The van der Waals surface area contributed by atoms with Gasteiger partial charge in [-0.05, 0) is 23.4 Å². The van der Waals surface area contributed by atoms with Crippen LogP contribution in [0.15, 0.2) is 35.1 Å². The van der Waals surface area contributed by atoms with Gasteiger partial charge in [-0.1, -0.05) is 32.0 Å². The van der Waals surface area contributed by atoms with E-state index in [9.17, 15) is 9.59 Å². The fourth-order valence-corrected chi connectivity index (χ4v) is 2.28. The lowest BCUT2D eigenvalue weighted by atomic mass is 9.88. The van der Waals surface area contributed by atoms with E-state index in [0.717, 1.165) is 10.9 Å². The Morgan fingerprint density at radius 3 is 2.58 bits per heavy atom. The summed E-state index contributed by atoms with van der Waals surface area (Å²) in [6.45, 7) is 3.80. The topological polar surface area (TPSA) is 59.2 Å². The average molecular weight is 259 g/mol. The van der Waals surface area contributed by atoms with Gasteiger partial charge in [0.15, 0.2) is 0 Å². The van der Waals surface area contributed by atoms with Crippen molar-refractivity contribution in [2.24, 2.45) is 5.92 Å². The van der Waals surface area contributed by atoms with Gasteiger partial charge in [-0.25, -0.2) is 0 Å². The first-order valence-electron chi connectivity index (χ1n) is 6.24. The van der Waals surface area contributed by atoms with Crippen LogP contribution in [0.2, 0.25) is 0 Å². The summed E-state index contributed by atoms with van der Waals surface area (Å²) in [6, 6.07) is 9.27. The minimum Gasteiger partial charge on any atom is -0.469 e. The number of ether oxygens (including phenoxy) is 1. The van der Waals surface area contributed by atoms with Crippen LogP contribution in [-0.4, -0.2) is 18.1 Å². The van der Waals surface area contributed by atoms with Crippen LogP contribution < -0.4 is 5.56 Å². The van der Waals surface area contributed by atoms with Crippen LogP contribution in [0.5, 0.6) is 0 Å². The fourth-order valence-electron chi connectivity index (χ4n) is 2.28. The molecule has 1 heterocycles. The lowest BCUT2D eigenvalue weighted by Crippen LogP contribution is -2.26. The van der Waals surface area contributed by atoms with Gasteiger partial charge < -0.3 is 9.72 Å². The number of fused-ring (bicyclic) bond motifs is 1. The standard InChI is InChI=1S/C15H17NO3/c1-9(2)13(15(18)19-3)11-8-10-6-4-5-7-12(10)16-14(11)17/h4-9,13H,1-3H3,(H,16,17). The Bertz CT molecular complexity index is 658. The minimum atomic E-state index is -0.543. The van der Waals surface area contributed by atoms with Gasteiger partial charge in [-0.3, -0.25) is 9.59 Å². The number of rotatable bonds is 3. The number of benzene rings is 1. The number of carbonyl (C=O) groups excluding carboxylic acids is 1. The number of carbonyl (C=O) groups is 1. The van der Waals surface area contributed by atoms with Crippen LogP contribution in [0.3, 0.4) is 0 Å². The molecule has 1 N–H and O–H groups in total. The third kappa shape index (κ3) is 2.52. The number of esters is 1. The van der Waals surface area contributed by atoms with E-state index in [1.165, 1.54) is 7.11 Å². The molecular formula is C15H17NO3. The number of H-pyrrole nitrogens is 1. The van der Waals surface area contributed by atoms with E-state index < -0.39 is 5.92 Å². The zero-order valence-electron chi connectivity index (χ0n) is 11.3. The van der Waals surface area contributed by atoms with Gasteiger partial charge in [-0.15, -0.1) is 0 Å². The van der Waals surface area contributed by atoms with E-state index in [0.29, 0.717) is 5.56 Å². The normalized spacial score (nSPS) is 12.6. The molecule has 1 atom stereocenters. The van der Waals surface area contributed by atoms with E-state index in [-0.39, 0.29) is 17.4 Å². The number of hydrogen-bond donors (Lipinski definition) is 1. The van der Waals surface area contributed by atoms with Crippen molar-refractivity contribution >= 4 is 16.9 Å². The molecule has 0 fully saturated rings. The molecule has 4 heteroatoms. The van der Waals surface area contributed by atoms with E-state index in [1.807, 2.05) is 38.1 Å². The first-order chi connectivity index (χ1) is 9.04. The molecule has 0 amide bonds. The monoisotopic (exact) mass is 259 g/mol. The molecule has 100 valence electrons. The van der Waals surface area contributed by atoms with Gasteiger partial charge in [0.25, 0.3) is 5.56 Å². The molecule has 0 aliphatic heterocycles. The Balaban J connectivity index is 2.63. The quantitative estimate of drug-likeness (QED) is 0.861. The molecular weight excluding hydrogens is 242 g/mol. The van der Waals surface area contributed by atoms with Crippen LogP contribution in [0.25, 0.3) is 10.9 Å². The second kappa shape index (κ2) is 5.26. The molecule has 0 radical (unpaired) electrons. The Hall–Kier alpha value is -2.10. The van der Waals surface area contributed by atoms with E-state index in [1.54, 1.807) is 6.07 Å². The van der Waals surface area contributed by atoms with Crippen molar-refractivity contribution in [1.82, 2.24) is 4.98 Å². The van der Waals surface area contributed by atoms with Crippen molar-refractivity contribution in [2.45, 2.75) is 19.8 Å². The summed E-state index contributed by atoms with van der Waals surface area (Å²) >= 11 is 0. The van der Waals surface area contributed by atoms with Crippen molar-refractivity contribution < 1.29 is 9.53 Å². The van der Waals surface area contributed by atoms with E-state index >= 15 is 0 Å². The van der Waals surface area contributed by atoms with Crippen molar-refractivity contribution in [3.63, 3.8) is 0 Å². The predicted octanol–water partition coefficient (Wildman–Crippen LogP) is 2.44. The zero-order chi connectivity index (χ0) is 14.0. The van der Waals surface area contributed by atoms with E-state index in [4.69, 9.17) is 4.74 Å². The third-order valence-corrected chi connectivity index (χ3v) is 3.24. The van der Waals surface area contributed by atoms with Gasteiger partial charge in [0.05, 0.1) is 13.0 Å². The van der Waals surface area contributed by atoms with Crippen LogP contribution in [-0.2, 0) is 9.53 Å². The van der Waals surface area contributed by atoms with Crippen LogP contribution in [0.1, 0.15) is 25.3 Å². The minimum absolute atomic E-state index is 0.00490. The van der Waals surface area contributed by atoms with Crippen molar-refractivity contribution in [3.8, 4) is 0 Å². The first kappa shape index (κ1) is 13.3. The first-order valence-corrected chi connectivity index (χ1v) is 6.24. The second-order valence-electron chi connectivity index (χ2n) is 4.89. The number of methoxy groups -OCH3 is 1. The van der Waals surface area contributed by atoms with Crippen molar-refractivity contribution in [3.05, 3.63) is 46.2 Å². The summed E-state index contributed by atoms with van der Waals surface area (Å²) in [6.07, 6.45) is 0. The Labute approximate surface area is 111 Å². The van der Waals surface area contributed by atoms with Crippen molar-refractivity contribution in [1.29, 1.82) is 0 Å². The molecule has 0 aliphatic carbocycles.